The first-order valence-electron chi connectivity index (χ1n) is 7.83. The Morgan fingerprint density at radius 2 is 1.88 bits per heavy atom. The van der Waals surface area contributed by atoms with Crippen LogP contribution in [0.5, 0.6) is 0 Å². The van der Waals surface area contributed by atoms with Crippen LogP contribution < -0.4 is 10.6 Å². The summed E-state index contributed by atoms with van der Waals surface area (Å²) in [6, 6.07) is 11.9. The van der Waals surface area contributed by atoms with Gasteiger partial charge in [0.25, 0.3) is 11.6 Å². The third-order valence-corrected chi connectivity index (χ3v) is 3.88. The van der Waals surface area contributed by atoms with Gasteiger partial charge in [-0.25, -0.2) is 0 Å². The number of benzene rings is 2. The number of amides is 1. The standard InChI is InChI=1S/C19H18N4O3/c1-12-5-4-6-13(2)18(12)22-19(24)15(11-20)9-14-7-8-16(21-3)17(10-14)23(25)26/h4-10,21H,1-3H3,(H,22,24)/b15-9+. The third kappa shape index (κ3) is 4.05. The fourth-order valence-corrected chi connectivity index (χ4v) is 2.51. The highest BCUT2D eigenvalue weighted by molar-refractivity contribution is 6.10. The second-order valence-corrected chi connectivity index (χ2v) is 5.67. The molecule has 0 aliphatic heterocycles. The van der Waals surface area contributed by atoms with Crippen molar-refractivity contribution in [1.82, 2.24) is 0 Å². The number of nitro benzene ring substituents is 1. The summed E-state index contributed by atoms with van der Waals surface area (Å²) in [5.41, 5.74) is 2.88. The van der Waals surface area contributed by atoms with Crippen LogP contribution in [0.4, 0.5) is 17.1 Å². The molecule has 0 radical (unpaired) electrons. The molecule has 0 heterocycles. The van der Waals surface area contributed by atoms with Gasteiger partial charge in [-0.1, -0.05) is 24.3 Å². The van der Waals surface area contributed by atoms with Crippen molar-refractivity contribution >= 4 is 29.0 Å². The summed E-state index contributed by atoms with van der Waals surface area (Å²) >= 11 is 0. The number of nitro groups is 1. The van der Waals surface area contributed by atoms with Gasteiger partial charge in [-0.2, -0.15) is 5.26 Å². The van der Waals surface area contributed by atoms with Crippen molar-refractivity contribution in [3.63, 3.8) is 0 Å². The fraction of sp³-hybridized carbons (Fsp3) is 0.158. The van der Waals surface area contributed by atoms with Crippen molar-refractivity contribution in [3.8, 4) is 6.07 Å². The molecule has 0 saturated carbocycles. The highest BCUT2D eigenvalue weighted by atomic mass is 16.6. The van der Waals surface area contributed by atoms with Crippen LogP contribution in [0.2, 0.25) is 0 Å². The summed E-state index contributed by atoms with van der Waals surface area (Å²) in [5.74, 6) is -0.565. The number of aryl methyl sites for hydroxylation is 2. The van der Waals surface area contributed by atoms with Crippen LogP contribution in [-0.2, 0) is 4.79 Å². The molecule has 132 valence electrons. The Kier molecular flexibility index (Phi) is 5.71. The van der Waals surface area contributed by atoms with Crippen molar-refractivity contribution in [2.24, 2.45) is 0 Å². The molecule has 2 aromatic carbocycles. The fourth-order valence-electron chi connectivity index (χ4n) is 2.51. The molecule has 2 aromatic rings. The molecule has 0 spiro atoms. The van der Waals surface area contributed by atoms with Crippen LogP contribution in [0.15, 0.2) is 42.0 Å². The molecule has 0 aliphatic rings. The predicted molar refractivity (Wildman–Crippen MR) is 101 cm³/mol. The quantitative estimate of drug-likeness (QED) is 0.369. The van der Waals surface area contributed by atoms with Gasteiger partial charge in [0, 0.05) is 18.8 Å². The largest absolute Gasteiger partial charge is 0.383 e. The molecule has 1 amide bonds. The predicted octanol–water partition coefficient (Wildman–Crippen LogP) is 3.80. The second-order valence-electron chi connectivity index (χ2n) is 5.67. The SMILES string of the molecule is CNc1ccc(/C=C(\C#N)C(=O)Nc2c(C)cccc2C)cc1[N+](=O)[O-]. The molecule has 0 saturated heterocycles. The number of hydrogen-bond donors (Lipinski definition) is 2. The third-order valence-electron chi connectivity index (χ3n) is 3.88. The Labute approximate surface area is 151 Å². The highest BCUT2D eigenvalue weighted by Crippen LogP contribution is 2.26. The van der Waals surface area contributed by atoms with Gasteiger partial charge in [-0.3, -0.25) is 14.9 Å². The van der Waals surface area contributed by atoms with E-state index >= 15 is 0 Å². The molecule has 0 unspecified atom stereocenters. The van der Waals surface area contributed by atoms with Gasteiger partial charge in [0.05, 0.1) is 4.92 Å². The van der Waals surface area contributed by atoms with E-state index in [4.69, 9.17) is 0 Å². The first kappa shape index (κ1) is 18.7. The van der Waals surface area contributed by atoms with E-state index in [1.807, 2.05) is 38.1 Å². The molecule has 0 fully saturated rings. The van der Waals surface area contributed by atoms with E-state index in [0.29, 0.717) is 16.9 Å². The lowest BCUT2D eigenvalue weighted by molar-refractivity contribution is -0.384. The lowest BCUT2D eigenvalue weighted by Gasteiger charge is -2.11. The number of anilines is 2. The van der Waals surface area contributed by atoms with Crippen molar-refractivity contribution in [2.45, 2.75) is 13.8 Å². The van der Waals surface area contributed by atoms with Crippen LogP contribution in [0.1, 0.15) is 16.7 Å². The Bertz CT molecular complexity index is 922. The first-order chi connectivity index (χ1) is 12.4. The van der Waals surface area contributed by atoms with Crippen molar-refractivity contribution in [3.05, 3.63) is 68.8 Å². The van der Waals surface area contributed by atoms with Gasteiger partial charge < -0.3 is 10.6 Å². The normalized spacial score (nSPS) is 10.8. The van der Waals surface area contributed by atoms with E-state index in [1.165, 1.54) is 18.2 Å². The number of nitrogens with one attached hydrogen (secondary N) is 2. The monoisotopic (exact) mass is 350 g/mol. The number of para-hydroxylation sites is 1. The van der Waals surface area contributed by atoms with Gasteiger partial charge in [-0.15, -0.1) is 0 Å². The van der Waals surface area contributed by atoms with E-state index in [-0.39, 0.29) is 11.3 Å². The zero-order valence-corrected chi connectivity index (χ0v) is 14.7. The Hall–Kier alpha value is -3.66. The van der Waals surface area contributed by atoms with Crippen LogP contribution in [0, 0.1) is 35.3 Å². The summed E-state index contributed by atoms with van der Waals surface area (Å²) in [6.07, 6.45) is 1.33. The Morgan fingerprint density at radius 1 is 1.23 bits per heavy atom. The summed E-state index contributed by atoms with van der Waals surface area (Å²) in [4.78, 5) is 23.1. The van der Waals surface area contributed by atoms with Gasteiger partial charge >= 0.3 is 0 Å². The van der Waals surface area contributed by atoms with E-state index in [0.717, 1.165) is 11.1 Å². The van der Waals surface area contributed by atoms with Gasteiger partial charge in [-0.05, 0) is 42.7 Å². The molecule has 2 rings (SSSR count). The number of carbonyl (C=O) groups is 1. The summed E-state index contributed by atoms with van der Waals surface area (Å²) < 4.78 is 0. The minimum absolute atomic E-state index is 0.131. The minimum atomic E-state index is -0.565. The van der Waals surface area contributed by atoms with E-state index < -0.39 is 10.8 Å². The van der Waals surface area contributed by atoms with Crippen molar-refractivity contribution in [1.29, 1.82) is 5.26 Å². The molecule has 0 aliphatic carbocycles. The maximum atomic E-state index is 12.4. The van der Waals surface area contributed by atoms with Gasteiger partial charge in [0.1, 0.15) is 17.3 Å². The van der Waals surface area contributed by atoms with Crippen molar-refractivity contribution in [2.75, 3.05) is 17.7 Å². The lowest BCUT2D eigenvalue weighted by atomic mass is 10.1. The summed E-state index contributed by atoms with van der Waals surface area (Å²) in [5, 5.41) is 25.9. The maximum absolute atomic E-state index is 12.4. The Morgan fingerprint density at radius 3 is 2.42 bits per heavy atom. The molecular weight excluding hydrogens is 332 g/mol. The lowest BCUT2D eigenvalue weighted by Crippen LogP contribution is -2.15. The maximum Gasteiger partial charge on any atom is 0.292 e. The van der Waals surface area contributed by atoms with Crippen LogP contribution >= 0.6 is 0 Å². The summed E-state index contributed by atoms with van der Waals surface area (Å²) in [6.45, 7) is 3.72. The number of nitrogens with zero attached hydrogens (tertiary/aromatic N) is 2. The molecule has 0 aromatic heterocycles. The first-order valence-corrected chi connectivity index (χ1v) is 7.83. The van der Waals surface area contributed by atoms with Gasteiger partial charge in [0.15, 0.2) is 0 Å². The van der Waals surface area contributed by atoms with Gasteiger partial charge in [0.2, 0.25) is 0 Å². The zero-order chi connectivity index (χ0) is 19.3. The van der Waals surface area contributed by atoms with Crippen LogP contribution in [0.25, 0.3) is 6.08 Å². The molecule has 0 atom stereocenters. The topological polar surface area (TPSA) is 108 Å². The second kappa shape index (κ2) is 7.94. The van der Waals surface area contributed by atoms with Crippen LogP contribution in [-0.4, -0.2) is 17.9 Å². The average Bonchev–Trinajstić information content (AvgIpc) is 2.62. The minimum Gasteiger partial charge on any atom is -0.383 e. The number of rotatable bonds is 5. The number of nitriles is 1. The van der Waals surface area contributed by atoms with E-state index in [1.54, 1.807) is 13.1 Å². The Balaban J connectivity index is 2.36. The summed E-state index contributed by atoms with van der Waals surface area (Å²) in [7, 11) is 1.58. The van der Waals surface area contributed by atoms with Crippen LogP contribution in [0.3, 0.4) is 0 Å². The van der Waals surface area contributed by atoms with Crippen molar-refractivity contribution < 1.29 is 9.72 Å². The number of carbonyl (C=O) groups excluding carboxylic acids is 1. The molecule has 0 bridgehead atoms. The zero-order valence-electron chi connectivity index (χ0n) is 14.7. The molecule has 2 N–H and O–H groups in total. The van der Waals surface area contributed by atoms with E-state index in [9.17, 15) is 20.2 Å². The smallest absolute Gasteiger partial charge is 0.292 e. The average molecular weight is 350 g/mol. The molecule has 26 heavy (non-hydrogen) atoms. The molecule has 7 nitrogen and oxygen atoms in total. The number of hydrogen-bond acceptors (Lipinski definition) is 5. The molecule has 7 heteroatoms. The highest BCUT2D eigenvalue weighted by Gasteiger charge is 2.15. The van der Waals surface area contributed by atoms with E-state index in [2.05, 4.69) is 10.6 Å². The molecular formula is C19H18N4O3.